The van der Waals surface area contributed by atoms with Crippen molar-refractivity contribution in [2.75, 3.05) is 11.9 Å². The second-order valence-electron chi connectivity index (χ2n) is 3.58. The number of halogens is 5. The van der Waals surface area contributed by atoms with Gasteiger partial charge in [-0.25, -0.2) is 22.0 Å². The van der Waals surface area contributed by atoms with Gasteiger partial charge in [-0.05, 0) is 13.3 Å². The van der Waals surface area contributed by atoms with Crippen molar-refractivity contribution in [2.45, 2.75) is 13.3 Å². The van der Waals surface area contributed by atoms with Crippen LogP contribution < -0.4 is 5.32 Å². The molecule has 0 saturated carbocycles. The highest BCUT2D eigenvalue weighted by Crippen LogP contribution is 2.27. The van der Waals surface area contributed by atoms with Gasteiger partial charge in [-0.2, -0.15) is 0 Å². The molecular formula is C11H10F5N. The summed E-state index contributed by atoms with van der Waals surface area (Å²) < 4.78 is 64.5. The first-order valence-corrected chi connectivity index (χ1v) is 4.76. The standard InChI is InChI=1S/C11H10F5N/c1-5(2)3-4-17-11-9(15)7(13)6(12)8(14)10(11)16/h17H,1,3-4H2,2H3. The van der Waals surface area contributed by atoms with Crippen molar-refractivity contribution in [1.29, 1.82) is 0 Å². The minimum absolute atomic E-state index is 0.0354. The van der Waals surface area contributed by atoms with Crippen LogP contribution in [0.1, 0.15) is 13.3 Å². The molecule has 0 aliphatic carbocycles. The summed E-state index contributed by atoms with van der Waals surface area (Å²) in [5.74, 6) is -9.79. The van der Waals surface area contributed by atoms with E-state index in [-0.39, 0.29) is 6.54 Å². The molecule has 0 amide bonds. The number of rotatable bonds is 4. The highest BCUT2D eigenvalue weighted by molar-refractivity contribution is 5.47. The van der Waals surface area contributed by atoms with Gasteiger partial charge in [0.25, 0.3) is 0 Å². The molecular weight excluding hydrogens is 241 g/mol. The molecule has 6 heteroatoms. The quantitative estimate of drug-likeness (QED) is 0.372. The van der Waals surface area contributed by atoms with E-state index in [1.807, 2.05) is 0 Å². The second-order valence-corrected chi connectivity index (χ2v) is 3.58. The molecule has 1 aromatic rings. The molecule has 0 radical (unpaired) electrons. The van der Waals surface area contributed by atoms with Gasteiger partial charge in [0.2, 0.25) is 5.82 Å². The Morgan fingerprint density at radius 3 is 1.76 bits per heavy atom. The summed E-state index contributed by atoms with van der Waals surface area (Å²) in [6, 6.07) is 0. The predicted molar refractivity (Wildman–Crippen MR) is 54.2 cm³/mol. The minimum atomic E-state index is -2.16. The zero-order valence-corrected chi connectivity index (χ0v) is 9.01. The van der Waals surface area contributed by atoms with Gasteiger partial charge in [-0.3, -0.25) is 0 Å². The smallest absolute Gasteiger partial charge is 0.200 e. The van der Waals surface area contributed by atoms with Crippen LogP contribution in [0.2, 0.25) is 0 Å². The van der Waals surface area contributed by atoms with Gasteiger partial charge in [0, 0.05) is 6.54 Å². The van der Waals surface area contributed by atoms with Crippen LogP contribution >= 0.6 is 0 Å². The lowest BCUT2D eigenvalue weighted by atomic mass is 10.2. The summed E-state index contributed by atoms with van der Waals surface area (Å²) >= 11 is 0. The van der Waals surface area contributed by atoms with Crippen LogP contribution in [0.25, 0.3) is 0 Å². The van der Waals surface area contributed by atoms with Crippen LogP contribution in [0.3, 0.4) is 0 Å². The maximum absolute atomic E-state index is 13.1. The molecule has 1 aromatic carbocycles. The highest BCUT2D eigenvalue weighted by Gasteiger charge is 2.25. The van der Waals surface area contributed by atoms with Crippen LogP contribution in [0, 0.1) is 29.1 Å². The lowest BCUT2D eigenvalue weighted by Crippen LogP contribution is -2.11. The molecule has 0 aliphatic rings. The number of hydrogen-bond acceptors (Lipinski definition) is 1. The SMILES string of the molecule is C=C(C)CCNc1c(F)c(F)c(F)c(F)c1F. The maximum Gasteiger partial charge on any atom is 0.200 e. The first-order chi connectivity index (χ1) is 7.86. The van der Waals surface area contributed by atoms with Crippen molar-refractivity contribution >= 4 is 5.69 Å². The van der Waals surface area contributed by atoms with E-state index in [1.165, 1.54) is 0 Å². The average Bonchev–Trinajstić information content (AvgIpc) is 2.28. The molecule has 0 atom stereocenters. The number of anilines is 1. The zero-order valence-electron chi connectivity index (χ0n) is 9.01. The summed E-state index contributed by atoms with van der Waals surface area (Å²) in [5.41, 5.74) is -0.288. The molecule has 94 valence electrons. The maximum atomic E-state index is 13.1. The molecule has 0 bridgehead atoms. The third-order valence-corrected chi connectivity index (χ3v) is 2.06. The van der Waals surface area contributed by atoms with Gasteiger partial charge >= 0.3 is 0 Å². The van der Waals surface area contributed by atoms with Crippen molar-refractivity contribution in [3.8, 4) is 0 Å². The topological polar surface area (TPSA) is 12.0 Å². The predicted octanol–water partition coefficient (Wildman–Crippen LogP) is 3.76. The Balaban J connectivity index is 3.03. The van der Waals surface area contributed by atoms with Gasteiger partial charge < -0.3 is 5.32 Å². The lowest BCUT2D eigenvalue weighted by molar-refractivity contribution is 0.381. The van der Waals surface area contributed by atoms with Gasteiger partial charge in [0.05, 0.1) is 0 Å². The van der Waals surface area contributed by atoms with E-state index in [0.29, 0.717) is 6.42 Å². The van der Waals surface area contributed by atoms with E-state index in [1.54, 1.807) is 6.92 Å². The van der Waals surface area contributed by atoms with Crippen LogP contribution in [0.15, 0.2) is 12.2 Å². The Labute approximate surface area is 94.9 Å². The van der Waals surface area contributed by atoms with Crippen molar-refractivity contribution in [2.24, 2.45) is 0 Å². The molecule has 0 spiro atoms. The van der Waals surface area contributed by atoms with E-state index in [2.05, 4.69) is 11.9 Å². The number of benzene rings is 1. The molecule has 0 aromatic heterocycles. The van der Waals surface area contributed by atoms with Crippen molar-refractivity contribution in [1.82, 2.24) is 0 Å². The largest absolute Gasteiger partial charge is 0.380 e. The first kappa shape index (κ1) is 13.5. The summed E-state index contributed by atoms with van der Waals surface area (Å²) in [6.45, 7) is 5.26. The van der Waals surface area contributed by atoms with Gasteiger partial charge in [0.15, 0.2) is 23.3 Å². The van der Waals surface area contributed by atoms with Crippen molar-refractivity contribution in [3.05, 3.63) is 41.2 Å². The van der Waals surface area contributed by atoms with Gasteiger partial charge in [-0.15, -0.1) is 6.58 Å². The summed E-state index contributed by atoms with van der Waals surface area (Å²) in [4.78, 5) is 0. The molecule has 1 rings (SSSR count). The van der Waals surface area contributed by atoms with Crippen LogP contribution in [0.5, 0.6) is 0 Å². The van der Waals surface area contributed by atoms with E-state index in [4.69, 9.17) is 0 Å². The molecule has 1 nitrogen and oxygen atoms in total. The fraction of sp³-hybridized carbons (Fsp3) is 0.273. The molecule has 0 saturated heterocycles. The fourth-order valence-electron chi connectivity index (χ4n) is 1.16. The summed E-state index contributed by atoms with van der Waals surface area (Å²) in [6.07, 6.45) is 0.361. The fourth-order valence-corrected chi connectivity index (χ4v) is 1.16. The summed E-state index contributed by atoms with van der Waals surface area (Å²) in [5, 5.41) is 2.16. The third kappa shape index (κ3) is 2.75. The Bertz CT molecular complexity index is 427. The third-order valence-electron chi connectivity index (χ3n) is 2.06. The number of nitrogens with one attached hydrogen (secondary N) is 1. The van der Waals surface area contributed by atoms with E-state index in [0.717, 1.165) is 5.57 Å². The highest BCUT2D eigenvalue weighted by atomic mass is 19.2. The van der Waals surface area contributed by atoms with Crippen LogP contribution in [-0.4, -0.2) is 6.54 Å². The normalized spacial score (nSPS) is 10.5. The van der Waals surface area contributed by atoms with Gasteiger partial charge in [-0.1, -0.05) is 5.57 Å². The average molecular weight is 251 g/mol. The molecule has 0 heterocycles. The van der Waals surface area contributed by atoms with Crippen molar-refractivity contribution < 1.29 is 22.0 Å². The van der Waals surface area contributed by atoms with Crippen molar-refractivity contribution in [3.63, 3.8) is 0 Å². The molecule has 0 fully saturated rings. The monoisotopic (exact) mass is 251 g/mol. The van der Waals surface area contributed by atoms with E-state index >= 15 is 0 Å². The Kier molecular flexibility index (Phi) is 4.09. The molecule has 0 aliphatic heterocycles. The molecule has 17 heavy (non-hydrogen) atoms. The molecule has 1 N–H and O–H groups in total. The number of hydrogen-bond donors (Lipinski definition) is 1. The van der Waals surface area contributed by atoms with Gasteiger partial charge in [0.1, 0.15) is 5.69 Å². The Hall–Kier alpha value is -1.59. The summed E-state index contributed by atoms with van der Waals surface area (Å²) in [7, 11) is 0. The lowest BCUT2D eigenvalue weighted by Gasteiger charge is -2.10. The Morgan fingerprint density at radius 2 is 1.35 bits per heavy atom. The van der Waals surface area contributed by atoms with Crippen LogP contribution in [0.4, 0.5) is 27.6 Å². The van der Waals surface area contributed by atoms with Crippen LogP contribution in [-0.2, 0) is 0 Å². The second kappa shape index (κ2) is 5.16. The Morgan fingerprint density at radius 1 is 0.941 bits per heavy atom. The first-order valence-electron chi connectivity index (χ1n) is 4.76. The van der Waals surface area contributed by atoms with E-state index < -0.39 is 34.8 Å². The zero-order chi connectivity index (χ0) is 13.2. The minimum Gasteiger partial charge on any atom is -0.380 e. The molecule has 0 unspecified atom stereocenters. The van der Waals surface area contributed by atoms with E-state index in [9.17, 15) is 22.0 Å².